The molecule has 0 radical (unpaired) electrons. The maximum Gasteiger partial charge on any atom is 0.417 e. The molecule has 0 atom stereocenters. The molecule has 2 rings (SSSR count). The van der Waals surface area contributed by atoms with Crippen molar-refractivity contribution >= 4 is 5.91 Å². The second-order valence-corrected chi connectivity index (χ2v) is 6.15. The number of carbonyl (C=O) groups excluding carboxylic acids is 1. The molecule has 1 amide bonds. The first-order valence-electron chi connectivity index (χ1n) is 7.46. The van der Waals surface area contributed by atoms with E-state index >= 15 is 0 Å². The number of rotatable bonds is 4. The van der Waals surface area contributed by atoms with Crippen LogP contribution in [0.1, 0.15) is 48.8 Å². The topological polar surface area (TPSA) is 59.8 Å². The van der Waals surface area contributed by atoms with Crippen LogP contribution in [0.15, 0.2) is 24.5 Å². The summed E-state index contributed by atoms with van der Waals surface area (Å²) in [6.07, 6.45) is -1.56. The summed E-state index contributed by atoms with van der Waals surface area (Å²) < 4.78 is 39.1. The highest BCUT2D eigenvalue weighted by molar-refractivity contribution is 5.95. The molecular formula is C16H19F3N4O. The molecular weight excluding hydrogens is 321 g/mol. The summed E-state index contributed by atoms with van der Waals surface area (Å²) in [6, 6.07) is 2.16. The average Bonchev–Trinajstić information content (AvgIpc) is 2.88. The zero-order valence-electron chi connectivity index (χ0n) is 13.9. The number of halogens is 3. The first-order chi connectivity index (χ1) is 11.0. The second-order valence-electron chi connectivity index (χ2n) is 6.15. The lowest BCUT2D eigenvalue weighted by molar-refractivity contribution is -0.137. The summed E-state index contributed by atoms with van der Waals surface area (Å²) in [7, 11) is 0. The maximum absolute atomic E-state index is 12.6. The fraction of sp³-hybridized carbons (Fsp3) is 0.438. The van der Waals surface area contributed by atoms with Gasteiger partial charge in [-0.05, 0) is 39.3 Å². The Labute approximate surface area is 137 Å². The number of pyridine rings is 1. The van der Waals surface area contributed by atoms with E-state index in [9.17, 15) is 18.0 Å². The number of hydrogen-bond donors (Lipinski definition) is 1. The smallest absolute Gasteiger partial charge is 0.347 e. The van der Waals surface area contributed by atoms with Gasteiger partial charge in [0.25, 0.3) is 5.91 Å². The Morgan fingerprint density at radius 2 is 1.92 bits per heavy atom. The molecule has 0 aliphatic rings. The van der Waals surface area contributed by atoms with E-state index in [1.807, 2.05) is 20.8 Å². The molecule has 0 spiro atoms. The van der Waals surface area contributed by atoms with Crippen LogP contribution in [0.2, 0.25) is 0 Å². The minimum atomic E-state index is -4.44. The molecule has 0 unspecified atom stereocenters. The van der Waals surface area contributed by atoms with Gasteiger partial charge in [0, 0.05) is 11.7 Å². The molecule has 0 fully saturated rings. The van der Waals surface area contributed by atoms with E-state index in [2.05, 4.69) is 15.4 Å². The van der Waals surface area contributed by atoms with E-state index in [1.165, 1.54) is 16.9 Å². The third-order valence-electron chi connectivity index (χ3n) is 3.88. The maximum atomic E-state index is 12.6. The average molecular weight is 340 g/mol. The van der Waals surface area contributed by atoms with E-state index in [1.54, 1.807) is 6.92 Å². The fourth-order valence-electron chi connectivity index (χ4n) is 2.01. The number of nitrogens with zero attached hydrogens (tertiary/aromatic N) is 3. The molecule has 0 saturated heterocycles. The lowest BCUT2D eigenvalue weighted by atomic mass is 10.0. The highest BCUT2D eigenvalue weighted by Crippen LogP contribution is 2.28. The molecule has 1 N–H and O–H groups in total. The van der Waals surface area contributed by atoms with Gasteiger partial charge in [-0.3, -0.25) is 4.79 Å². The van der Waals surface area contributed by atoms with Gasteiger partial charge in [0.1, 0.15) is 0 Å². The van der Waals surface area contributed by atoms with Gasteiger partial charge < -0.3 is 5.32 Å². The molecule has 2 heterocycles. The van der Waals surface area contributed by atoms with Gasteiger partial charge in [0.15, 0.2) is 5.82 Å². The standard InChI is InChI=1S/C16H19F3N4O/c1-5-15(3,4)22-14(24)12-9-21-23(10(12)2)13-7-6-11(8-20-13)16(17,18)19/h6-9H,5H2,1-4H3,(H,22,24). The van der Waals surface area contributed by atoms with Crippen molar-refractivity contribution in [1.29, 1.82) is 0 Å². The van der Waals surface area contributed by atoms with Crippen molar-refractivity contribution in [3.8, 4) is 5.82 Å². The molecule has 8 heteroatoms. The van der Waals surface area contributed by atoms with Gasteiger partial charge in [-0.1, -0.05) is 6.92 Å². The SMILES string of the molecule is CCC(C)(C)NC(=O)c1cnn(-c2ccc(C(F)(F)F)cn2)c1C. The lowest BCUT2D eigenvalue weighted by Crippen LogP contribution is -2.42. The van der Waals surface area contributed by atoms with Gasteiger partial charge in [-0.15, -0.1) is 0 Å². The van der Waals surface area contributed by atoms with E-state index < -0.39 is 11.7 Å². The lowest BCUT2D eigenvalue weighted by Gasteiger charge is -2.24. The van der Waals surface area contributed by atoms with E-state index in [0.717, 1.165) is 18.7 Å². The quantitative estimate of drug-likeness (QED) is 0.926. The van der Waals surface area contributed by atoms with Crippen molar-refractivity contribution < 1.29 is 18.0 Å². The van der Waals surface area contributed by atoms with Crippen molar-refractivity contribution in [3.05, 3.63) is 41.3 Å². The zero-order chi connectivity index (χ0) is 18.1. The fourth-order valence-corrected chi connectivity index (χ4v) is 2.01. The Morgan fingerprint density at radius 1 is 1.25 bits per heavy atom. The first kappa shape index (κ1) is 18.0. The van der Waals surface area contributed by atoms with Crippen molar-refractivity contribution in [3.63, 3.8) is 0 Å². The van der Waals surface area contributed by atoms with E-state index in [4.69, 9.17) is 0 Å². The van der Waals surface area contributed by atoms with Gasteiger partial charge in [0.2, 0.25) is 0 Å². The summed E-state index contributed by atoms with van der Waals surface area (Å²) in [5.74, 6) is -0.0631. The van der Waals surface area contributed by atoms with Crippen LogP contribution in [0.3, 0.4) is 0 Å². The van der Waals surface area contributed by atoms with Crippen LogP contribution >= 0.6 is 0 Å². The number of alkyl halides is 3. The largest absolute Gasteiger partial charge is 0.417 e. The highest BCUT2D eigenvalue weighted by atomic mass is 19.4. The minimum absolute atomic E-state index is 0.217. The van der Waals surface area contributed by atoms with Crippen LogP contribution in [-0.2, 0) is 6.18 Å². The Bertz CT molecular complexity index is 733. The molecule has 2 aromatic heterocycles. The van der Waals surface area contributed by atoms with Gasteiger partial charge in [0.05, 0.1) is 23.0 Å². The Balaban J connectivity index is 2.28. The number of nitrogens with one attached hydrogen (secondary N) is 1. The minimum Gasteiger partial charge on any atom is -0.347 e. The predicted octanol–water partition coefficient (Wildman–Crippen LogP) is 3.51. The van der Waals surface area contributed by atoms with Crippen LogP contribution in [0, 0.1) is 6.92 Å². The third kappa shape index (κ3) is 3.74. The molecule has 2 aromatic rings. The van der Waals surface area contributed by atoms with Crippen LogP contribution in [0.4, 0.5) is 13.2 Å². The van der Waals surface area contributed by atoms with Crippen LogP contribution in [0.25, 0.3) is 5.82 Å². The monoisotopic (exact) mass is 340 g/mol. The number of carbonyl (C=O) groups is 1. The van der Waals surface area contributed by atoms with E-state index in [0.29, 0.717) is 11.3 Å². The third-order valence-corrected chi connectivity index (χ3v) is 3.88. The Kier molecular flexibility index (Phi) is 4.68. The van der Waals surface area contributed by atoms with E-state index in [-0.39, 0.29) is 17.3 Å². The summed E-state index contributed by atoms with van der Waals surface area (Å²) in [5.41, 5.74) is -0.332. The van der Waals surface area contributed by atoms with Gasteiger partial charge in [-0.25, -0.2) is 9.67 Å². The van der Waals surface area contributed by atoms with Gasteiger partial charge in [-0.2, -0.15) is 18.3 Å². The highest BCUT2D eigenvalue weighted by Gasteiger charge is 2.31. The molecule has 0 bridgehead atoms. The molecule has 24 heavy (non-hydrogen) atoms. The van der Waals surface area contributed by atoms with Crippen molar-refractivity contribution in [1.82, 2.24) is 20.1 Å². The van der Waals surface area contributed by atoms with Crippen molar-refractivity contribution in [2.24, 2.45) is 0 Å². The van der Waals surface area contributed by atoms with Crippen LogP contribution < -0.4 is 5.32 Å². The summed E-state index contributed by atoms with van der Waals surface area (Å²) in [5, 5.41) is 6.96. The second kappa shape index (κ2) is 6.26. The number of amides is 1. The van der Waals surface area contributed by atoms with Crippen LogP contribution in [-0.4, -0.2) is 26.2 Å². The summed E-state index contributed by atoms with van der Waals surface area (Å²) in [6.45, 7) is 7.44. The Hall–Kier alpha value is -2.38. The molecule has 130 valence electrons. The molecule has 0 aliphatic heterocycles. The molecule has 0 saturated carbocycles. The van der Waals surface area contributed by atoms with Crippen LogP contribution in [0.5, 0.6) is 0 Å². The van der Waals surface area contributed by atoms with Gasteiger partial charge >= 0.3 is 6.18 Å². The summed E-state index contributed by atoms with van der Waals surface area (Å²) in [4.78, 5) is 16.1. The normalized spacial score (nSPS) is 12.3. The first-order valence-corrected chi connectivity index (χ1v) is 7.46. The van der Waals surface area contributed by atoms with Crippen molar-refractivity contribution in [2.75, 3.05) is 0 Å². The molecule has 0 aromatic carbocycles. The number of aromatic nitrogens is 3. The number of hydrogen-bond acceptors (Lipinski definition) is 3. The zero-order valence-corrected chi connectivity index (χ0v) is 13.9. The summed E-state index contributed by atoms with van der Waals surface area (Å²) >= 11 is 0. The van der Waals surface area contributed by atoms with Crippen molar-refractivity contribution in [2.45, 2.75) is 45.8 Å². The molecule has 5 nitrogen and oxygen atoms in total. The Morgan fingerprint density at radius 3 is 2.42 bits per heavy atom. The molecule has 0 aliphatic carbocycles. The predicted molar refractivity (Wildman–Crippen MR) is 82.9 cm³/mol.